The minimum atomic E-state index is -0.762. The van der Waals surface area contributed by atoms with Crippen LogP contribution < -0.4 is 11.1 Å². The number of amides is 1. The third-order valence-corrected chi connectivity index (χ3v) is 4.75. The van der Waals surface area contributed by atoms with Crippen LogP contribution in [0.15, 0.2) is 12.1 Å². The number of nitrogen functional groups attached to an aromatic ring is 1. The Hall–Kier alpha value is -1.43. The van der Waals surface area contributed by atoms with E-state index in [1.165, 1.54) is 12.1 Å². The van der Waals surface area contributed by atoms with Gasteiger partial charge in [-0.1, -0.05) is 0 Å². The molecule has 4 nitrogen and oxygen atoms in total. The highest BCUT2D eigenvalue weighted by molar-refractivity contribution is 7.85. The standard InChI is InChI=1S/C13H17FN2O2S/c1-8-11(14)6-9(7-12(8)15)13(17)16-10-2-4-19(18)5-3-10/h6-7,10H,2-5,15H2,1H3,(H,16,17). The first-order chi connectivity index (χ1) is 8.97. The molecular weight excluding hydrogens is 267 g/mol. The first kappa shape index (κ1) is 14.0. The SMILES string of the molecule is Cc1c(N)cc(C(=O)NC2CCS(=O)CC2)cc1F. The van der Waals surface area contributed by atoms with E-state index in [4.69, 9.17) is 5.73 Å². The predicted molar refractivity (Wildman–Crippen MR) is 73.9 cm³/mol. The lowest BCUT2D eigenvalue weighted by Crippen LogP contribution is -2.39. The van der Waals surface area contributed by atoms with Gasteiger partial charge in [-0.3, -0.25) is 9.00 Å². The molecule has 6 heteroatoms. The largest absolute Gasteiger partial charge is 0.398 e. The molecule has 2 rings (SSSR count). The molecule has 1 aliphatic rings. The highest BCUT2D eigenvalue weighted by Crippen LogP contribution is 2.18. The maximum atomic E-state index is 13.5. The Bertz CT molecular complexity index is 500. The maximum Gasteiger partial charge on any atom is 0.251 e. The minimum absolute atomic E-state index is 0.00999. The van der Waals surface area contributed by atoms with Gasteiger partial charge in [-0.25, -0.2) is 4.39 Å². The highest BCUT2D eigenvalue weighted by Gasteiger charge is 2.20. The number of nitrogens with one attached hydrogen (secondary N) is 1. The summed E-state index contributed by atoms with van der Waals surface area (Å²) < 4.78 is 24.8. The summed E-state index contributed by atoms with van der Waals surface area (Å²) in [7, 11) is -0.762. The van der Waals surface area contributed by atoms with Crippen LogP contribution in [0.25, 0.3) is 0 Å². The van der Waals surface area contributed by atoms with E-state index in [0.29, 0.717) is 29.9 Å². The van der Waals surface area contributed by atoms with Crippen molar-refractivity contribution < 1.29 is 13.4 Å². The summed E-state index contributed by atoms with van der Waals surface area (Å²) in [6, 6.07) is 2.69. The van der Waals surface area contributed by atoms with Crippen molar-refractivity contribution in [2.24, 2.45) is 0 Å². The number of halogens is 1. The molecule has 19 heavy (non-hydrogen) atoms. The van der Waals surface area contributed by atoms with E-state index < -0.39 is 16.6 Å². The quantitative estimate of drug-likeness (QED) is 0.805. The van der Waals surface area contributed by atoms with Gasteiger partial charge in [0, 0.05) is 45.2 Å². The highest BCUT2D eigenvalue weighted by atomic mass is 32.2. The number of benzene rings is 1. The lowest BCUT2D eigenvalue weighted by molar-refractivity contribution is 0.0934. The normalized spacial score (nSPS) is 23.1. The number of carbonyl (C=O) groups is 1. The van der Waals surface area contributed by atoms with Crippen LogP contribution in [0.3, 0.4) is 0 Å². The van der Waals surface area contributed by atoms with E-state index in [2.05, 4.69) is 5.32 Å². The number of hydrogen-bond donors (Lipinski definition) is 2. The molecule has 0 atom stereocenters. The molecule has 0 saturated carbocycles. The Morgan fingerprint density at radius 2 is 2.05 bits per heavy atom. The second-order valence-corrected chi connectivity index (χ2v) is 6.46. The van der Waals surface area contributed by atoms with Crippen LogP contribution in [-0.2, 0) is 10.8 Å². The van der Waals surface area contributed by atoms with Crippen LogP contribution in [0.2, 0.25) is 0 Å². The molecule has 1 aliphatic heterocycles. The van der Waals surface area contributed by atoms with Gasteiger partial charge in [-0.05, 0) is 31.9 Å². The second-order valence-electron chi connectivity index (χ2n) is 4.77. The molecule has 1 aromatic rings. The van der Waals surface area contributed by atoms with Crippen molar-refractivity contribution in [2.45, 2.75) is 25.8 Å². The number of nitrogens with two attached hydrogens (primary N) is 1. The Morgan fingerprint density at radius 3 is 2.63 bits per heavy atom. The second kappa shape index (κ2) is 5.69. The van der Waals surface area contributed by atoms with Crippen molar-refractivity contribution in [1.82, 2.24) is 5.32 Å². The molecule has 1 amide bonds. The van der Waals surface area contributed by atoms with Gasteiger partial charge in [0.15, 0.2) is 0 Å². The van der Waals surface area contributed by atoms with Crippen molar-refractivity contribution in [3.8, 4) is 0 Å². The fourth-order valence-corrected chi connectivity index (χ4v) is 3.34. The van der Waals surface area contributed by atoms with Gasteiger partial charge in [-0.2, -0.15) is 0 Å². The zero-order valence-electron chi connectivity index (χ0n) is 10.7. The summed E-state index contributed by atoms with van der Waals surface area (Å²) >= 11 is 0. The molecule has 1 saturated heterocycles. The zero-order chi connectivity index (χ0) is 14.0. The number of carbonyl (C=O) groups excluding carboxylic acids is 1. The third kappa shape index (κ3) is 3.32. The summed E-state index contributed by atoms with van der Waals surface area (Å²) in [5.41, 5.74) is 6.50. The van der Waals surface area contributed by atoms with Crippen molar-refractivity contribution >= 4 is 22.4 Å². The average Bonchev–Trinajstić information content (AvgIpc) is 2.38. The molecule has 3 N–H and O–H groups in total. The van der Waals surface area contributed by atoms with Crippen molar-refractivity contribution in [3.05, 3.63) is 29.1 Å². The van der Waals surface area contributed by atoms with E-state index in [1.807, 2.05) is 0 Å². The topological polar surface area (TPSA) is 72.2 Å². The monoisotopic (exact) mass is 284 g/mol. The minimum Gasteiger partial charge on any atom is -0.398 e. The van der Waals surface area contributed by atoms with Gasteiger partial charge in [0.2, 0.25) is 0 Å². The van der Waals surface area contributed by atoms with Gasteiger partial charge in [0.05, 0.1) is 0 Å². The van der Waals surface area contributed by atoms with E-state index >= 15 is 0 Å². The van der Waals surface area contributed by atoms with Gasteiger partial charge in [-0.15, -0.1) is 0 Å². The molecular formula is C13H17FN2O2S. The zero-order valence-corrected chi connectivity index (χ0v) is 11.6. The van der Waals surface area contributed by atoms with Crippen molar-refractivity contribution in [1.29, 1.82) is 0 Å². The summed E-state index contributed by atoms with van der Waals surface area (Å²) in [6.45, 7) is 1.57. The van der Waals surface area contributed by atoms with Crippen LogP contribution in [-0.4, -0.2) is 27.7 Å². The summed E-state index contributed by atoms with van der Waals surface area (Å²) in [5, 5.41) is 2.83. The molecule has 0 aliphatic carbocycles. The molecule has 1 heterocycles. The number of hydrogen-bond acceptors (Lipinski definition) is 3. The molecule has 0 radical (unpaired) electrons. The molecule has 1 aromatic carbocycles. The number of rotatable bonds is 2. The van der Waals surface area contributed by atoms with Gasteiger partial charge >= 0.3 is 0 Å². The average molecular weight is 284 g/mol. The van der Waals surface area contributed by atoms with Crippen molar-refractivity contribution in [3.63, 3.8) is 0 Å². The first-order valence-electron chi connectivity index (χ1n) is 6.19. The van der Waals surface area contributed by atoms with Crippen LogP contribution in [0, 0.1) is 12.7 Å². The molecule has 104 valence electrons. The summed E-state index contributed by atoms with van der Waals surface area (Å²) in [5.74, 6) is 0.406. The first-order valence-corrected chi connectivity index (χ1v) is 7.67. The maximum absolute atomic E-state index is 13.5. The van der Waals surface area contributed by atoms with Crippen molar-refractivity contribution in [2.75, 3.05) is 17.2 Å². The Balaban J connectivity index is 2.06. The van der Waals surface area contributed by atoms with E-state index in [1.54, 1.807) is 6.92 Å². The Morgan fingerprint density at radius 1 is 1.42 bits per heavy atom. The van der Waals surface area contributed by atoms with Crippen LogP contribution >= 0.6 is 0 Å². The Kier molecular flexibility index (Phi) is 4.19. The molecule has 0 unspecified atom stereocenters. The number of anilines is 1. The summed E-state index contributed by atoms with van der Waals surface area (Å²) in [6.07, 6.45) is 1.39. The van der Waals surface area contributed by atoms with E-state index in [-0.39, 0.29) is 23.2 Å². The lowest BCUT2D eigenvalue weighted by atomic mass is 10.1. The molecule has 0 bridgehead atoms. The molecule has 0 aromatic heterocycles. The fourth-order valence-electron chi connectivity index (χ4n) is 2.04. The lowest BCUT2D eigenvalue weighted by Gasteiger charge is -2.22. The smallest absolute Gasteiger partial charge is 0.251 e. The summed E-state index contributed by atoms with van der Waals surface area (Å²) in [4.78, 5) is 12.0. The molecule has 0 spiro atoms. The third-order valence-electron chi connectivity index (χ3n) is 3.37. The van der Waals surface area contributed by atoms with Crippen LogP contribution in [0.4, 0.5) is 10.1 Å². The Labute approximate surface area is 114 Å². The van der Waals surface area contributed by atoms with Gasteiger partial charge in [0.1, 0.15) is 5.82 Å². The van der Waals surface area contributed by atoms with Crippen LogP contribution in [0.5, 0.6) is 0 Å². The van der Waals surface area contributed by atoms with Gasteiger partial charge < -0.3 is 11.1 Å². The van der Waals surface area contributed by atoms with Gasteiger partial charge in [0.25, 0.3) is 5.91 Å². The fraction of sp³-hybridized carbons (Fsp3) is 0.462. The van der Waals surface area contributed by atoms with E-state index in [0.717, 1.165) is 0 Å². The van der Waals surface area contributed by atoms with E-state index in [9.17, 15) is 13.4 Å². The van der Waals surface area contributed by atoms with Crippen LogP contribution in [0.1, 0.15) is 28.8 Å². The molecule has 1 fully saturated rings. The predicted octanol–water partition coefficient (Wildman–Crippen LogP) is 1.36.